The Morgan fingerprint density at radius 1 is 0.977 bits per heavy atom. The van der Waals surface area contributed by atoms with E-state index in [9.17, 15) is 14.4 Å². The highest BCUT2D eigenvalue weighted by Gasteiger charge is 2.29. The molecule has 0 saturated carbocycles. The minimum atomic E-state index is -0.257. The molecule has 3 aromatic rings. The number of piperazine rings is 1. The number of hydrogen-bond acceptors (Lipinski definition) is 8. The van der Waals surface area contributed by atoms with Gasteiger partial charge in [-0.1, -0.05) is 36.4 Å². The summed E-state index contributed by atoms with van der Waals surface area (Å²) in [6, 6.07) is 17.6. The highest BCUT2D eigenvalue weighted by Crippen LogP contribution is 2.31. The number of hydrogen-bond donors (Lipinski definition) is 2. The zero-order valence-corrected chi connectivity index (χ0v) is 26.9. The SMILES string of the molecule is CN1CC(Nc2cnn(C)c(=O)c2Br)CC(c2ccc(CN3CCN(c4cccc(C5CCC(=O)NC5=O)c4)CC3)cc2)C1. The summed E-state index contributed by atoms with van der Waals surface area (Å²) in [7, 11) is 3.80. The van der Waals surface area contributed by atoms with E-state index in [2.05, 4.69) is 89.8 Å². The van der Waals surface area contributed by atoms with Crippen molar-refractivity contribution in [2.24, 2.45) is 7.05 Å². The third-order valence-corrected chi connectivity index (χ3v) is 9.94. The molecule has 0 aliphatic carbocycles. The van der Waals surface area contributed by atoms with Gasteiger partial charge in [0.05, 0.1) is 17.8 Å². The number of benzene rings is 2. The Balaban J connectivity index is 1.02. The normalized spacial score (nSPS) is 23.4. The van der Waals surface area contributed by atoms with E-state index in [0.29, 0.717) is 23.2 Å². The van der Waals surface area contributed by atoms with E-state index < -0.39 is 0 Å². The van der Waals surface area contributed by atoms with Crippen LogP contribution < -0.4 is 21.1 Å². The molecule has 3 atom stereocenters. The third kappa shape index (κ3) is 6.90. The van der Waals surface area contributed by atoms with Crippen molar-refractivity contribution in [2.45, 2.75) is 43.7 Å². The highest BCUT2D eigenvalue weighted by molar-refractivity contribution is 9.10. The van der Waals surface area contributed by atoms with Crippen LogP contribution in [0.15, 0.2) is 64.0 Å². The van der Waals surface area contributed by atoms with Crippen molar-refractivity contribution in [1.29, 1.82) is 0 Å². The maximum Gasteiger partial charge on any atom is 0.282 e. The van der Waals surface area contributed by atoms with Gasteiger partial charge in [-0.15, -0.1) is 0 Å². The van der Waals surface area contributed by atoms with Crippen LogP contribution in [0.4, 0.5) is 11.4 Å². The lowest BCUT2D eigenvalue weighted by molar-refractivity contribution is -0.134. The van der Waals surface area contributed by atoms with Crippen molar-refractivity contribution < 1.29 is 9.59 Å². The Morgan fingerprint density at radius 2 is 1.75 bits per heavy atom. The first kappa shape index (κ1) is 30.5. The number of carbonyl (C=O) groups excluding carboxylic acids is 2. The number of aromatic nitrogens is 2. The molecular weight excluding hydrogens is 622 g/mol. The zero-order valence-electron chi connectivity index (χ0n) is 25.3. The van der Waals surface area contributed by atoms with Crippen LogP contribution in [0, 0.1) is 0 Å². The van der Waals surface area contributed by atoms with Crippen molar-refractivity contribution in [2.75, 3.05) is 56.5 Å². The monoisotopic (exact) mass is 661 g/mol. The van der Waals surface area contributed by atoms with Gasteiger partial charge in [-0.2, -0.15) is 5.10 Å². The van der Waals surface area contributed by atoms with Crippen molar-refractivity contribution in [1.82, 2.24) is 24.9 Å². The lowest BCUT2D eigenvalue weighted by Crippen LogP contribution is -2.46. The first-order chi connectivity index (χ1) is 21.2. The van der Waals surface area contributed by atoms with Gasteiger partial charge < -0.3 is 15.1 Å². The average Bonchev–Trinajstić information content (AvgIpc) is 3.02. The number of likely N-dealkylation sites (tertiary alicyclic amines) is 1. The number of aryl methyl sites for hydroxylation is 1. The third-order valence-electron chi connectivity index (χ3n) is 9.18. The number of carbonyl (C=O) groups is 2. The maximum atomic E-state index is 12.4. The second-order valence-electron chi connectivity index (χ2n) is 12.4. The van der Waals surface area contributed by atoms with Crippen LogP contribution in [0.3, 0.4) is 0 Å². The molecule has 232 valence electrons. The quantitative estimate of drug-likeness (QED) is 0.372. The van der Waals surface area contributed by atoms with Gasteiger partial charge >= 0.3 is 0 Å². The van der Waals surface area contributed by atoms with E-state index in [1.165, 1.54) is 15.8 Å². The lowest BCUT2D eigenvalue weighted by atomic mass is 9.87. The van der Waals surface area contributed by atoms with Gasteiger partial charge in [-0.05, 0) is 70.6 Å². The highest BCUT2D eigenvalue weighted by atomic mass is 79.9. The fourth-order valence-corrected chi connectivity index (χ4v) is 7.24. The van der Waals surface area contributed by atoms with Crippen LogP contribution in [-0.2, 0) is 23.2 Å². The molecule has 2 aromatic carbocycles. The van der Waals surface area contributed by atoms with Crippen LogP contribution in [0.2, 0.25) is 0 Å². The molecule has 6 rings (SSSR count). The number of amides is 2. The van der Waals surface area contributed by atoms with E-state index in [-0.39, 0.29) is 29.3 Å². The van der Waals surface area contributed by atoms with E-state index in [1.807, 2.05) is 12.1 Å². The standard InChI is InChI=1S/C33H40BrN7O3/c1-38-20-25(16-26(21-38)36-29-18-35-39(2)33(44)31(29)34)23-8-6-22(7-9-23)19-40-12-14-41(15-13-40)27-5-3-4-24(17-27)28-10-11-30(42)37-32(28)43/h3-9,17-18,25-26,28,36H,10-16,19-21H2,1-2H3,(H,37,42,43). The molecular formula is C33H40BrN7O3. The van der Waals surface area contributed by atoms with Crippen LogP contribution >= 0.6 is 15.9 Å². The first-order valence-electron chi connectivity index (χ1n) is 15.4. The zero-order chi connectivity index (χ0) is 30.8. The minimum absolute atomic E-state index is 0.147. The molecule has 0 spiro atoms. The summed E-state index contributed by atoms with van der Waals surface area (Å²) >= 11 is 3.44. The topological polar surface area (TPSA) is 103 Å². The molecule has 0 radical (unpaired) electrons. The molecule has 3 aliphatic rings. The molecule has 0 bridgehead atoms. The molecule has 3 aliphatic heterocycles. The minimum Gasteiger partial charge on any atom is -0.379 e. The van der Waals surface area contributed by atoms with Crippen molar-refractivity contribution in [3.8, 4) is 0 Å². The summed E-state index contributed by atoms with van der Waals surface area (Å²) in [5.74, 6) is -0.224. The average molecular weight is 663 g/mol. The number of anilines is 2. The number of imide groups is 1. The number of halogens is 1. The largest absolute Gasteiger partial charge is 0.379 e. The molecule has 2 N–H and O–H groups in total. The Labute approximate surface area is 266 Å². The Bertz CT molecular complexity index is 1570. The van der Waals surface area contributed by atoms with Crippen LogP contribution in [0.5, 0.6) is 0 Å². The molecule has 3 fully saturated rings. The number of likely N-dealkylation sites (N-methyl/N-ethyl adjacent to an activating group) is 1. The predicted octanol–water partition coefficient (Wildman–Crippen LogP) is 3.29. The van der Waals surface area contributed by atoms with E-state index in [4.69, 9.17) is 0 Å². The molecule has 2 amide bonds. The van der Waals surface area contributed by atoms with Crippen molar-refractivity contribution in [3.05, 3.63) is 86.2 Å². The van der Waals surface area contributed by atoms with Crippen LogP contribution in [0.25, 0.3) is 0 Å². The van der Waals surface area contributed by atoms with Crippen LogP contribution in [-0.4, -0.2) is 83.8 Å². The summed E-state index contributed by atoms with van der Waals surface area (Å²) in [6.45, 7) is 6.63. The van der Waals surface area contributed by atoms with E-state index in [1.54, 1.807) is 13.2 Å². The van der Waals surface area contributed by atoms with E-state index in [0.717, 1.165) is 69.2 Å². The summed E-state index contributed by atoms with van der Waals surface area (Å²) in [5.41, 5.74) is 5.37. The molecule has 44 heavy (non-hydrogen) atoms. The van der Waals surface area contributed by atoms with Crippen molar-refractivity contribution in [3.63, 3.8) is 0 Å². The van der Waals surface area contributed by atoms with Gasteiger partial charge in [0.25, 0.3) is 5.56 Å². The fourth-order valence-electron chi connectivity index (χ4n) is 6.76. The predicted molar refractivity (Wildman–Crippen MR) is 175 cm³/mol. The summed E-state index contributed by atoms with van der Waals surface area (Å²) < 4.78 is 1.85. The summed E-state index contributed by atoms with van der Waals surface area (Å²) in [5, 5.41) is 10.2. The smallest absolute Gasteiger partial charge is 0.282 e. The molecule has 3 unspecified atom stereocenters. The van der Waals surface area contributed by atoms with Gasteiger partial charge in [0.15, 0.2) is 0 Å². The van der Waals surface area contributed by atoms with Gasteiger partial charge in [0, 0.05) is 71.0 Å². The molecule has 11 heteroatoms. The van der Waals surface area contributed by atoms with Crippen molar-refractivity contribution >= 4 is 39.1 Å². The number of piperidine rings is 2. The van der Waals surface area contributed by atoms with Gasteiger partial charge in [-0.3, -0.25) is 24.6 Å². The maximum absolute atomic E-state index is 12.4. The number of rotatable bonds is 7. The van der Waals surface area contributed by atoms with Gasteiger partial charge in [0.2, 0.25) is 11.8 Å². The van der Waals surface area contributed by atoms with E-state index >= 15 is 0 Å². The Hall–Kier alpha value is -3.54. The molecule has 3 saturated heterocycles. The molecule has 1 aromatic heterocycles. The Kier molecular flexibility index (Phi) is 9.16. The number of nitrogens with zero attached hydrogens (tertiary/aromatic N) is 5. The molecule has 4 heterocycles. The summed E-state index contributed by atoms with van der Waals surface area (Å²) in [6.07, 6.45) is 3.66. The van der Waals surface area contributed by atoms with Gasteiger partial charge in [-0.25, -0.2) is 4.68 Å². The first-order valence-corrected chi connectivity index (χ1v) is 16.2. The van der Waals surface area contributed by atoms with Gasteiger partial charge in [0.1, 0.15) is 4.47 Å². The second-order valence-corrected chi connectivity index (χ2v) is 13.2. The summed E-state index contributed by atoms with van der Waals surface area (Å²) in [4.78, 5) is 43.5. The number of nitrogens with one attached hydrogen (secondary N) is 2. The second kappa shape index (κ2) is 13.2. The van der Waals surface area contributed by atoms with Crippen LogP contribution in [0.1, 0.15) is 47.8 Å². The fraction of sp³-hybridized carbons (Fsp3) is 0.455. The molecule has 10 nitrogen and oxygen atoms in total. The lowest BCUT2D eigenvalue weighted by Gasteiger charge is -2.37. The Morgan fingerprint density at radius 3 is 2.50 bits per heavy atom.